The second-order valence-electron chi connectivity index (χ2n) is 15.0. The van der Waals surface area contributed by atoms with Crippen LogP contribution in [0.25, 0.3) is 0 Å². The van der Waals surface area contributed by atoms with Crippen LogP contribution in [0.1, 0.15) is 125 Å². The molecule has 0 spiro atoms. The number of rotatable bonds is 9. The highest BCUT2D eigenvalue weighted by Gasteiger charge is 2.43. The van der Waals surface area contributed by atoms with Gasteiger partial charge in [-0.2, -0.15) is 8.42 Å². The van der Waals surface area contributed by atoms with Crippen LogP contribution in [0, 0.1) is 5.41 Å². The molecule has 42 heavy (non-hydrogen) atoms. The topological polar surface area (TPSA) is 85.7 Å². The van der Waals surface area contributed by atoms with Crippen LogP contribution in [-0.2, 0) is 38.2 Å². The molecule has 232 valence electrons. The zero-order valence-corrected chi connectivity index (χ0v) is 29.1. The van der Waals surface area contributed by atoms with Crippen LogP contribution in [0.3, 0.4) is 0 Å². The summed E-state index contributed by atoms with van der Waals surface area (Å²) in [5.41, 5.74) is 7.23. The molecule has 0 radical (unpaired) electrons. The second-order valence-corrected chi connectivity index (χ2v) is 21.3. The molecule has 0 unspecified atom stereocenters. The number of aliphatic hydroxyl groups is 1. The number of nitrogens with zero attached hydrogens (tertiary/aromatic N) is 1. The van der Waals surface area contributed by atoms with E-state index in [9.17, 15) is 13.5 Å². The molecule has 2 aromatic rings. The number of hydrogen-bond acceptors (Lipinski definition) is 6. The van der Waals surface area contributed by atoms with E-state index in [2.05, 4.69) is 67.6 Å². The van der Waals surface area contributed by atoms with Gasteiger partial charge in [-0.1, -0.05) is 72.7 Å². The minimum absolute atomic E-state index is 0.0328. The third kappa shape index (κ3) is 7.20. The van der Waals surface area contributed by atoms with Crippen LogP contribution in [-0.4, -0.2) is 33.1 Å². The highest BCUT2D eigenvalue weighted by atomic mass is 32.2. The number of aliphatic hydroxyl groups excluding tert-OH is 1. The van der Waals surface area contributed by atoms with Crippen molar-refractivity contribution in [2.24, 2.45) is 5.41 Å². The molecule has 1 heterocycles. The molecule has 8 heteroatoms. The monoisotopic (exact) mass is 613 g/mol. The predicted octanol–water partition coefficient (Wildman–Crippen LogP) is 8.06. The highest BCUT2D eigenvalue weighted by molar-refractivity contribution is 7.85. The van der Waals surface area contributed by atoms with Crippen LogP contribution >= 0.6 is 0 Å². The summed E-state index contributed by atoms with van der Waals surface area (Å²) < 4.78 is 34.9. The lowest BCUT2D eigenvalue weighted by atomic mass is 9.71. The fourth-order valence-electron chi connectivity index (χ4n) is 5.95. The van der Waals surface area contributed by atoms with Gasteiger partial charge in [0.1, 0.15) is 6.10 Å². The zero-order chi connectivity index (χ0) is 31.3. The Morgan fingerprint density at radius 1 is 1.14 bits per heavy atom. The summed E-state index contributed by atoms with van der Waals surface area (Å²) in [7, 11) is -5.61. The molecule has 0 aliphatic heterocycles. The molecule has 0 saturated carbocycles. The smallest absolute Gasteiger partial charge is 0.264 e. The second kappa shape index (κ2) is 11.8. The number of allylic oxidation sites excluding steroid dienone is 2. The van der Waals surface area contributed by atoms with E-state index in [4.69, 9.17) is 13.6 Å². The molecule has 0 bridgehead atoms. The minimum atomic E-state index is -3.54. The molecule has 1 N–H and O–H groups in total. The van der Waals surface area contributed by atoms with Crippen molar-refractivity contribution < 1.29 is 22.1 Å². The SMILES string of the molecule is CC(C)c1nc2c(c([C@@H]3CCC=C3O[Si](C)(C)C(C)(C)C)c1[C@H](O)c1ccc(COS(C)(=O)=O)cc1)CCC(C)(C)C2. The maximum absolute atomic E-state index is 12.1. The Bertz CT molecular complexity index is 1440. The van der Waals surface area contributed by atoms with Crippen LogP contribution in [0.2, 0.25) is 18.1 Å². The van der Waals surface area contributed by atoms with Crippen molar-refractivity contribution in [3.05, 3.63) is 75.3 Å². The fourth-order valence-corrected chi connectivity index (χ4v) is 7.42. The Hall–Kier alpha value is -2.00. The maximum Gasteiger partial charge on any atom is 0.264 e. The average Bonchev–Trinajstić information content (AvgIpc) is 3.31. The van der Waals surface area contributed by atoms with Crippen molar-refractivity contribution in [1.29, 1.82) is 0 Å². The van der Waals surface area contributed by atoms with Crippen molar-refractivity contribution >= 4 is 18.4 Å². The fraction of sp³-hybridized carbons (Fsp3) is 0.618. The Morgan fingerprint density at radius 2 is 1.79 bits per heavy atom. The Labute approximate surface area is 255 Å². The van der Waals surface area contributed by atoms with Gasteiger partial charge in [0, 0.05) is 22.9 Å². The van der Waals surface area contributed by atoms with Gasteiger partial charge in [-0.05, 0) is 89.9 Å². The van der Waals surface area contributed by atoms with Crippen LogP contribution in [0.4, 0.5) is 0 Å². The van der Waals surface area contributed by atoms with Crippen molar-refractivity contribution in [3.8, 4) is 0 Å². The molecule has 1 aromatic carbocycles. The molecular weight excluding hydrogens is 563 g/mol. The summed E-state index contributed by atoms with van der Waals surface area (Å²) in [5, 5.41) is 12.2. The van der Waals surface area contributed by atoms with Crippen molar-refractivity contribution in [3.63, 3.8) is 0 Å². The largest absolute Gasteiger partial charge is 0.546 e. The molecule has 6 nitrogen and oxygen atoms in total. The van der Waals surface area contributed by atoms with Crippen LogP contribution in [0.15, 0.2) is 36.1 Å². The van der Waals surface area contributed by atoms with Gasteiger partial charge in [0.05, 0.1) is 18.6 Å². The molecule has 0 amide bonds. The lowest BCUT2D eigenvalue weighted by Crippen LogP contribution is -2.41. The van der Waals surface area contributed by atoms with Crippen molar-refractivity contribution in [2.75, 3.05) is 6.26 Å². The standard InChI is InChI=1S/C34H51NO5SSi/c1-22(2)31-30(32(36)24-16-14-23(15-17-24)21-39-41(8,37)38)29(25-18-19-34(6,7)20-27(25)35-31)26-12-11-13-28(26)40-42(9,10)33(3,4)5/h13-17,22,26,32,36H,11-12,18-21H2,1-10H3/t26-,32-/m1/s1. The quantitative estimate of drug-likeness (QED) is 0.227. The van der Waals surface area contributed by atoms with E-state index in [1.165, 1.54) is 16.8 Å². The van der Waals surface area contributed by atoms with Gasteiger partial charge in [-0.25, -0.2) is 0 Å². The molecule has 0 saturated heterocycles. The van der Waals surface area contributed by atoms with Gasteiger partial charge in [0.2, 0.25) is 8.32 Å². The molecular formula is C34H51NO5SSi. The summed E-state index contributed by atoms with van der Waals surface area (Å²) in [6.45, 7) is 20.4. The van der Waals surface area contributed by atoms with E-state index >= 15 is 0 Å². The first-order valence-electron chi connectivity index (χ1n) is 15.4. The summed E-state index contributed by atoms with van der Waals surface area (Å²) in [5.74, 6) is 1.28. The van der Waals surface area contributed by atoms with E-state index < -0.39 is 24.5 Å². The van der Waals surface area contributed by atoms with Gasteiger partial charge >= 0.3 is 0 Å². The molecule has 1 aromatic heterocycles. The minimum Gasteiger partial charge on any atom is -0.546 e. The van der Waals surface area contributed by atoms with Gasteiger partial charge in [0.15, 0.2) is 0 Å². The van der Waals surface area contributed by atoms with E-state index in [0.29, 0.717) is 0 Å². The van der Waals surface area contributed by atoms with E-state index in [-0.39, 0.29) is 28.9 Å². The van der Waals surface area contributed by atoms with Crippen molar-refractivity contribution in [1.82, 2.24) is 4.98 Å². The summed E-state index contributed by atoms with van der Waals surface area (Å²) in [6, 6.07) is 7.40. The first-order chi connectivity index (χ1) is 19.3. The summed E-state index contributed by atoms with van der Waals surface area (Å²) >= 11 is 0. The molecule has 2 atom stereocenters. The number of fused-ring (bicyclic) bond motifs is 1. The molecule has 0 fully saturated rings. The third-order valence-electron chi connectivity index (χ3n) is 9.42. The summed E-state index contributed by atoms with van der Waals surface area (Å²) in [4.78, 5) is 5.30. The van der Waals surface area contributed by atoms with Gasteiger partial charge in [-0.3, -0.25) is 9.17 Å². The number of hydrogen-bond donors (Lipinski definition) is 1. The Morgan fingerprint density at radius 3 is 2.36 bits per heavy atom. The molecule has 4 rings (SSSR count). The lowest BCUT2D eigenvalue weighted by Gasteiger charge is -2.40. The van der Waals surface area contributed by atoms with E-state index in [1.807, 2.05) is 24.3 Å². The van der Waals surface area contributed by atoms with Gasteiger partial charge in [0.25, 0.3) is 10.1 Å². The third-order valence-corrected chi connectivity index (χ3v) is 14.3. The Kier molecular flexibility index (Phi) is 9.26. The first kappa shape index (κ1) is 32.9. The number of aromatic nitrogens is 1. The first-order valence-corrected chi connectivity index (χ1v) is 20.1. The van der Waals surface area contributed by atoms with E-state index in [1.54, 1.807) is 0 Å². The van der Waals surface area contributed by atoms with Crippen molar-refractivity contribution in [2.45, 2.75) is 123 Å². The molecule has 2 aliphatic rings. The van der Waals surface area contributed by atoms with Gasteiger partial charge < -0.3 is 9.53 Å². The van der Waals surface area contributed by atoms with Crippen LogP contribution < -0.4 is 0 Å². The zero-order valence-electron chi connectivity index (χ0n) is 27.3. The Balaban J connectivity index is 1.85. The van der Waals surface area contributed by atoms with Crippen LogP contribution in [0.5, 0.6) is 0 Å². The maximum atomic E-state index is 12.1. The normalized spacial score (nSPS) is 19.9. The predicted molar refractivity (Wildman–Crippen MR) is 173 cm³/mol. The van der Waals surface area contributed by atoms with E-state index in [0.717, 1.165) is 66.5 Å². The number of pyridine rings is 1. The highest BCUT2D eigenvalue weighted by Crippen LogP contribution is 2.50. The number of benzene rings is 1. The lowest BCUT2D eigenvalue weighted by molar-refractivity contribution is 0.214. The summed E-state index contributed by atoms with van der Waals surface area (Å²) in [6.07, 6.45) is 7.32. The molecule has 2 aliphatic carbocycles. The average molecular weight is 614 g/mol. The van der Waals surface area contributed by atoms with Gasteiger partial charge in [-0.15, -0.1) is 0 Å².